The van der Waals surface area contributed by atoms with Crippen LogP contribution in [0.4, 0.5) is 0 Å². The van der Waals surface area contributed by atoms with Crippen LogP contribution in [0.1, 0.15) is 18.1 Å². The molecule has 0 spiro atoms. The second kappa shape index (κ2) is 10.6. The first-order valence-corrected chi connectivity index (χ1v) is 14.4. The van der Waals surface area contributed by atoms with Crippen molar-refractivity contribution >= 4 is 31.4 Å². The van der Waals surface area contributed by atoms with E-state index in [1.165, 1.54) is 12.1 Å². The van der Waals surface area contributed by atoms with E-state index in [-0.39, 0.29) is 22.2 Å². The monoisotopic (exact) mass is 526 g/mol. The van der Waals surface area contributed by atoms with Crippen LogP contribution in [0.15, 0.2) is 104 Å². The van der Waals surface area contributed by atoms with Gasteiger partial charge in [-0.15, -0.1) is 3.77 Å². The fraction of sp³-hybridized carbons (Fsp3) is 0.231. The van der Waals surface area contributed by atoms with Crippen LogP contribution in [0.2, 0.25) is 0 Å². The van der Waals surface area contributed by atoms with Crippen molar-refractivity contribution in [3.63, 3.8) is 0 Å². The maximum atomic E-state index is 14.3. The highest BCUT2D eigenvalue weighted by Gasteiger charge is 2.44. The van der Waals surface area contributed by atoms with Crippen molar-refractivity contribution in [2.45, 2.75) is 29.7 Å². The molecule has 0 radical (unpaired) electrons. The summed E-state index contributed by atoms with van der Waals surface area (Å²) < 4.78 is 49.9. The van der Waals surface area contributed by atoms with E-state index in [4.69, 9.17) is 9.57 Å². The molecule has 10 heteroatoms. The summed E-state index contributed by atoms with van der Waals surface area (Å²) in [4.78, 5) is 18.7. The highest BCUT2D eigenvalue weighted by atomic mass is 32.3. The lowest BCUT2D eigenvalue weighted by Gasteiger charge is -2.20. The highest BCUT2D eigenvalue weighted by molar-refractivity contribution is 8.03. The smallest absolute Gasteiger partial charge is 0.319 e. The molecule has 0 saturated carbocycles. The number of carbonyl (C=O) groups is 1. The molecule has 1 unspecified atom stereocenters. The maximum Gasteiger partial charge on any atom is 0.319 e. The molecule has 1 heterocycles. The van der Waals surface area contributed by atoms with Crippen LogP contribution >= 0.6 is 0 Å². The van der Waals surface area contributed by atoms with Gasteiger partial charge in [0.15, 0.2) is 6.10 Å². The molecule has 3 aromatic rings. The van der Waals surface area contributed by atoms with Gasteiger partial charge in [-0.1, -0.05) is 71.4 Å². The molecule has 0 aliphatic carbocycles. The van der Waals surface area contributed by atoms with Crippen molar-refractivity contribution in [2.24, 2.45) is 14.8 Å². The molecule has 4 rings (SSSR count). The van der Waals surface area contributed by atoms with Gasteiger partial charge in [0.1, 0.15) is 11.6 Å². The lowest BCUT2D eigenvalue weighted by molar-refractivity contribution is -0.148. The van der Waals surface area contributed by atoms with Gasteiger partial charge in [-0.3, -0.25) is 4.79 Å². The predicted molar refractivity (Wildman–Crippen MR) is 136 cm³/mol. The molecule has 36 heavy (non-hydrogen) atoms. The summed E-state index contributed by atoms with van der Waals surface area (Å²) in [6.07, 6.45) is -1.05. The minimum Gasteiger partial charge on any atom is -0.465 e. The van der Waals surface area contributed by atoms with E-state index in [1.54, 1.807) is 73.7 Å². The summed E-state index contributed by atoms with van der Waals surface area (Å²) in [7, 11) is -7.92. The fourth-order valence-corrected chi connectivity index (χ4v) is 7.97. The molecular weight excluding hydrogens is 500 g/mol. The molecule has 1 aliphatic heterocycles. The van der Waals surface area contributed by atoms with Crippen LogP contribution in [0, 0.1) is 12.8 Å². The van der Waals surface area contributed by atoms with Crippen molar-refractivity contribution < 1.29 is 27.0 Å². The first-order chi connectivity index (χ1) is 17.2. The molecular formula is C26H26N2O6S2. The Morgan fingerprint density at radius 2 is 1.53 bits per heavy atom. The van der Waals surface area contributed by atoms with E-state index in [9.17, 15) is 17.4 Å². The molecule has 0 N–H and O–H groups in total. The van der Waals surface area contributed by atoms with Crippen molar-refractivity contribution in [2.75, 3.05) is 12.4 Å². The summed E-state index contributed by atoms with van der Waals surface area (Å²) in [5.41, 5.74) is 1.85. The topological polar surface area (TPSA) is 111 Å². The Labute approximate surface area is 211 Å². The third-order valence-electron chi connectivity index (χ3n) is 5.60. The fourth-order valence-electron chi connectivity index (χ4n) is 3.82. The Balaban J connectivity index is 1.78. The number of oxime groups is 1. The van der Waals surface area contributed by atoms with Crippen LogP contribution in [0.3, 0.4) is 0 Å². The van der Waals surface area contributed by atoms with Gasteiger partial charge in [0.2, 0.25) is 0 Å². The molecule has 3 atom stereocenters. The van der Waals surface area contributed by atoms with Crippen molar-refractivity contribution in [3.8, 4) is 0 Å². The molecule has 8 nitrogen and oxygen atoms in total. The Kier molecular flexibility index (Phi) is 7.56. The predicted octanol–water partition coefficient (Wildman–Crippen LogP) is 4.19. The lowest BCUT2D eigenvalue weighted by atomic mass is 9.93. The number of esters is 1. The third-order valence-corrected chi connectivity index (χ3v) is 10.0. The Morgan fingerprint density at radius 3 is 2.14 bits per heavy atom. The summed E-state index contributed by atoms with van der Waals surface area (Å²) in [6.45, 7) is 3.64. The van der Waals surface area contributed by atoms with Gasteiger partial charge in [0.05, 0.1) is 27.0 Å². The van der Waals surface area contributed by atoms with Crippen molar-refractivity contribution in [1.82, 2.24) is 0 Å². The number of sulfonamides is 1. The van der Waals surface area contributed by atoms with Crippen LogP contribution in [-0.4, -0.2) is 42.8 Å². The summed E-state index contributed by atoms with van der Waals surface area (Å²) in [5.74, 6) is -1.99. The van der Waals surface area contributed by atoms with Crippen LogP contribution in [0.25, 0.3) is 0 Å². The van der Waals surface area contributed by atoms with Crippen molar-refractivity contribution in [3.05, 3.63) is 96.1 Å². The van der Waals surface area contributed by atoms with Crippen LogP contribution < -0.4 is 0 Å². The average molecular weight is 527 g/mol. The first-order valence-electron chi connectivity index (χ1n) is 11.3. The minimum atomic E-state index is -4.30. The molecule has 188 valence electrons. The molecule has 0 amide bonds. The van der Waals surface area contributed by atoms with Gasteiger partial charge in [0, 0.05) is 10.5 Å². The number of benzene rings is 3. The number of aryl methyl sites for hydroxylation is 1. The van der Waals surface area contributed by atoms with Gasteiger partial charge in [-0.25, -0.2) is 4.21 Å². The van der Waals surface area contributed by atoms with E-state index in [0.717, 1.165) is 5.56 Å². The molecule has 3 aromatic carbocycles. The zero-order valence-electron chi connectivity index (χ0n) is 19.8. The summed E-state index contributed by atoms with van der Waals surface area (Å²) in [6, 6.07) is 23.2. The average Bonchev–Trinajstić information content (AvgIpc) is 3.28. The van der Waals surface area contributed by atoms with Gasteiger partial charge < -0.3 is 9.57 Å². The Bertz CT molecular complexity index is 1480. The SMILES string of the molecule is CCOC(=O)[C@H]1C(c2ccccc2)=NO[C@@H]1CS(=O)(=NS(=O)(=O)c1ccc(C)cc1)c1ccccc1. The summed E-state index contributed by atoms with van der Waals surface area (Å²) in [5, 5.41) is 4.11. The number of ether oxygens (including phenoxy) is 1. The zero-order valence-corrected chi connectivity index (χ0v) is 21.4. The molecule has 0 fully saturated rings. The molecule has 1 aliphatic rings. The maximum absolute atomic E-state index is 14.3. The van der Waals surface area contributed by atoms with E-state index >= 15 is 0 Å². The second-order valence-corrected chi connectivity index (χ2v) is 12.3. The van der Waals surface area contributed by atoms with Gasteiger partial charge in [0.25, 0.3) is 10.0 Å². The quantitative estimate of drug-likeness (QED) is 0.407. The normalized spacial score (nSPS) is 19.0. The van der Waals surface area contributed by atoms with Crippen molar-refractivity contribution in [1.29, 1.82) is 0 Å². The molecule has 0 bridgehead atoms. The Morgan fingerprint density at radius 1 is 0.917 bits per heavy atom. The van der Waals surface area contributed by atoms with Gasteiger partial charge in [-0.05, 0) is 38.1 Å². The number of rotatable bonds is 8. The van der Waals surface area contributed by atoms with E-state index in [0.29, 0.717) is 11.3 Å². The zero-order chi connectivity index (χ0) is 25.8. The minimum absolute atomic E-state index is 0.0766. The molecule has 0 aromatic heterocycles. The van der Waals surface area contributed by atoms with Gasteiger partial charge >= 0.3 is 5.97 Å². The number of hydrogen-bond donors (Lipinski definition) is 0. The third kappa shape index (κ3) is 5.50. The van der Waals surface area contributed by atoms with E-state index < -0.39 is 37.7 Å². The molecule has 0 saturated heterocycles. The summed E-state index contributed by atoms with van der Waals surface area (Å²) >= 11 is 0. The Hall–Kier alpha value is -3.50. The van der Waals surface area contributed by atoms with E-state index in [2.05, 4.69) is 8.92 Å². The number of carbonyl (C=O) groups excluding carboxylic acids is 1. The highest BCUT2D eigenvalue weighted by Crippen LogP contribution is 2.30. The van der Waals surface area contributed by atoms with Gasteiger partial charge in [-0.2, -0.15) is 8.42 Å². The second-order valence-electron chi connectivity index (χ2n) is 8.20. The van der Waals surface area contributed by atoms with Crippen LogP contribution in [-0.2, 0) is 34.1 Å². The van der Waals surface area contributed by atoms with E-state index in [1.807, 2.05) is 13.0 Å². The number of nitrogens with zero attached hydrogens (tertiary/aromatic N) is 2. The largest absolute Gasteiger partial charge is 0.465 e. The number of hydrogen-bond acceptors (Lipinski definition) is 7. The first kappa shape index (κ1) is 25.6. The lowest BCUT2D eigenvalue weighted by Crippen LogP contribution is -2.37. The van der Waals surface area contributed by atoms with Crippen LogP contribution in [0.5, 0.6) is 0 Å². The standard InChI is InChI=1S/C26H26N2O6S2/c1-3-33-26(29)24-23(34-27-25(24)20-10-6-4-7-11-20)18-35(30,21-12-8-5-9-13-21)28-36(31,32)22-16-14-19(2)15-17-22/h4-17,23-24H,3,18H2,1-2H3/t23-,24-,35?/m1/s1.